The van der Waals surface area contributed by atoms with Crippen LogP contribution in [0.4, 0.5) is 5.69 Å². The highest BCUT2D eigenvalue weighted by Gasteiger charge is 2.35. The van der Waals surface area contributed by atoms with E-state index in [1.807, 2.05) is 48.5 Å². The van der Waals surface area contributed by atoms with Crippen LogP contribution in [0.5, 0.6) is 0 Å². The van der Waals surface area contributed by atoms with Gasteiger partial charge in [0.25, 0.3) is 0 Å². The Hall–Kier alpha value is -2.86. The number of aliphatic hydroxyl groups excluding tert-OH is 2. The summed E-state index contributed by atoms with van der Waals surface area (Å²) in [6, 6.07) is 15.3. The second-order valence-electron chi connectivity index (χ2n) is 10.2. The number of carbonyl (C=O) groups excluding carboxylic acids is 2. The van der Waals surface area contributed by atoms with E-state index in [0.29, 0.717) is 31.5 Å². The standard InChI is InChI=1S/C29H39N3O7/c33-18-20-10-12-21(13-11-20)26-16-25(17-32-14-4-7-24(32)19-34)38-29(39-26)22-5-3-6-23(15-22)30-27(35)8-1-2-9-28(36)31-37/h3,5-6,10-13,15,24-26,29,33-34,37H,1-2,4,7-9,14,16-19H2,(H,30,35)(H,31,36)/t24-,25+,26-,29-/m0/s1. The van der Waals surface area contributed by atoms with Gasteiger partial charge in [-0.2, -0.15) is 0 Å². The lowest BCUT2D eigenvalue weighted by Gasteiger charge is -2.38. The number of likely N-dealkylation sites (tertiary alicyclic amines) is 1. The minimum Gasteiger partial charge on any atom is -0.395 e. The van der Waals surface area contributed by atoms with E-state index in [2.05, 4.69) is 10.2 Å². The summed E-state index contributed by atoms with van der Waals surface area (Å²) in [5.41, 5.74) is 4.84. The molecular formula is C29H39N3O7. The first kappa shape index (κ1) is 29.1. The van der Waals surface area contributed by atoms with Crippen molar-refractivity contribution >= 4 is 17.5 Å². The molecule has 0 aromatic heterocycles. The van der Waals surface area contributed by atoms with Gasteiger partial charge < -0.3 is 25.0 Å². The maximum absolute atomic E-state index is 12.4. The lowest BCUT2D eigenvalue weighted by Crippen LogP contribution is -2.42. The molecule has 2 aliphatic heterocycles. The van der Waals surface area contributed by atoms with Gasteiger partial charge in [-0.3, -0.25) is 19.7 Å². The second-order valence-corrected chi connectivity index (χ2v) is 10.2. The van der Waals surface area contributed by atoms with E-state index in [1.165, 1.54) is 0 Å². The summed E-state index contributed by atoms with van der Waals surface area (Å²) in [6.07, 6.45) is 3.17. The lowest BCUT2D eigenvalue weighted by molar-refractivity contribution is -0.253. The average molecular weight is 542 g/mol. The zero-order valence-corrected chi connectivity index (χ0v) is 22.1. The molecule has 2 amide bonds. The quantitative estimate of drug-likeness (QED) is 0.157. The number of nitrogens with one attached hydrogen (secondary N) is 2. The van der Waals surface area contributed by atoms with Gasteiger partial charge in [-0.05, 0) is 55.5 Å². The predicted octanol–water partition coefficient (Wildman–Crippen LogP) is 3.19. The number of ether oxygens (including phenoxy) is 2. The van der Waals surface area contributed by atoms with Crippen LogP contribution in [-0.4, -0.2) is 64.0 Å². The Morgan fingerprint density at radius 3 is 2.46 bits per heavy atom. The number of benzene rings is 2. The zero-order valence-electron chi connectivity index (χ0n) is 22.1. The number of amides is 2. The maximum Gasteiger partial charge on any atom is 0.243 e. The highest BCUT2D eigenvalue weighted by molar-refractivity contribution is 5.90. The Labute approximate surface area is 228 Å². The third kappa shape index (κ3) is 8.31. The van der Waals surface area contributed by atoms with Gasteiger partial charge in [-0.1, -0.05) is 36.4 Å². The Kier molecular flexibility index (Phi) is 10.8. The highest BCUT2D eigenvalue weighted by atomic mass is 16.7. The van der Waals surface area contributed by atoms with Gasteiger partial charge >= 0.3 is 0 Å². The number of hydrogen-bond acceptors (Lipinski definition) is 8. The third-order valence-electron chi connectivity index (χ3n) is 7.39. The van der Waals surface area contributed by atoms with E-state index < -0.39 is 12.2 Å². The molecule has 2 fully saturated rings. The van der Waals surface area contributed by atoms with Crippen molar-refractivity contribution in [3.8, 4) is 0 Å². The molecule has 5 N–H and O–H groups in total. The van der Waals surface area contributed by atoms with Crippen LogP contribution in [0.3, 0.4) is 0 Å². The van der Waals surface area contributed by atoms with Gasteiger partial charge in [0.15, 0.2) is 6.29 Å². The first-order valence-corrected chi connectivity index (χ1v) is 13.7. The molecule has 0 spiro atoms. The molecule has 0 radical (unpaired) electrons. The van der Waals surface area contributed by atoms with E-state index in [1.54, 1.807) is 5.48 Å². The molecule has 39 heavy (non-hydrogen) atoms. The van der Waals surface area contributed by atoms with Crippen LogP contribution in [0.1, 0.15) is 74.0 Å². The fourth-order valence-corrected chi connectivity index (χ4v) is 5.25. The third-order valence-corrected chi connectivity index (χ3v) is 7.39. The van der Waals surface area contributed by atoms with Crippen LogP contribution >= 0.6 is 0 Å². The first-order chi connectivity index (χ1) is 19.0. The molecule has 2 aromatic carbocycles. The van der Waals surface area contributed by atoms with Crippen LogP contribution in [0.15, 0.2) is 48.5 Å². The molecule has 212 valence electrons. The second kappa shape index (κ2) is 14.5. The minimum atomic E-state index is -0.643. The molecule has 10 nitrogen and oxygen atoms in total. The van der Waals surface area contributed by atoms with Gasteiger partial charge in [0.05, 0.1) is 25.4 Å². The number of nitrogens with zero attached hydrogens (tertiary/aromatic N) is 1. The fraction of sp³-hybridized carbons (Fsp3) is 0.517. The van der Waals surface area contributed by atoms with Crippen LogP contribution in [0, 0.1) is 0 Å². The van der Waals surface area contributed by atoms with Gasteiger partial charge in [0, 0.05) is 43.1 Å². The average Bonchev–Trinajstić information content (AvgIpc) is 3.42. The first-order valence-electron chi connectivity index (χ1n) is 13.7. The van der Waals surface area contributed by atoms with Crippen molar-refractivity contribution in [1.82, 2.24) is 10.4 Å². The SMILES string of the molecule is O=C(CCCCC(=O)Nc1cccc([C@H]2O[C@@H](CN3CCC[C@H]3CO)C[C@@H](c3ccc(CO)cc3)O2)c1)NO. The molecule has 10 heteroatoms. The number of aliphatic hydroxyl groups is 2. The molecule has 2 saturated heterocycles. The normalized spacial score (nSPS) is 23.5. The zero-order chi connectivity index (χ0) is 27.6. The van der Waals surface area contributed by atoms with Crippen molar-refractivity contribution in [2.24, 2.45) is 0 Å². The molecule has 2 aromatic rings. The van der Waals surface area contributed by atoms with Crippen molar-refractivity contribution in [2.75, 3.05) is 25.0 Å². The summed E-state index contributed by atoms with van der Waals surface area (Å²) in [4.78, 5) is 25.9. The molecule has 4 atom stereocenters. The van der Waals surface area contributed by atoms with Crippen molar-refractivity contribution in [1.29, 1.82) is 0 Å². The topological polar surface area (TPSA) is 141 Å². The molecular weight excluding hydrogens is 502 g/mol. The summed E-state index contributed by atoms with van der Waals surface area (Å²) < 4.78 is 12.9. The van der Waals surface area contributed by atoms with Crippen molar-refractivity contribution < 1.29 is 34.5 Å². The molecule has 0 saturated carbocycles. The van der Waals surface area contributed by atoms with E-state index in [0.717, 1.165) is 36.1 Å². The summed E-state index contributed by atoms with van der Waals surface area (Å²) in [6.45, 7) is 1.74. The molecule has 0 unspecified atom stereocenters. The van der Waals surface area contributed by atoms with Crippen molar-refractivity contribution in [3.05, 3.63) is 65.2 Å². The molecule has 0 bridgehead atoms. The van der Waals surface area contributed by atoms with Crippen LogP contribution in [0.25, 0.3) is 0 Å². The summed E-state index contributed by atoms with van der Waals surface area (Å²) in [5, 5.41) is 30.7. The number of carbonyl (C=O) groups is 2. The van der Waals surface area contributed by atoms with Gasteiger partial charge in [0.1, 0.15) is 0 Å². The van der Waals surface area contributed by atoms with Crippen LogP contribution in [0.2, 0.25) is 0 Å². The Morgan fingerprint density at radius 2 is 1.74 bits per heavy atom. The smallest absolute Gasteiger partial charge is 0.243 e. The highest BCUT2D eigenvalue weighted by Crippen LogP contribution is 2.39. The van der Waals surface area contributed by atoms with E-state index >= 15 is 0 Å². The van der Waals surface area contributed by atoms with Gasteiger partial charge in [-0.15, -0.1) is 0 Å². The van der Waals surface area contributed by atoms with Crippen LogP contribution in [-0.2, 0) is 25.7 Å². The number of rotatable bonds is 12. The van der Waals surface area contributed by atoms with E-state index in [9.17, 15) is 19.8 Å². The largest absolute Gasteiger partial charge is 0.395 e. The number of hydroxylamine groups is 1. The molecule has 2 heterocycles. The number of hydrogen-bond donors (Lipinski definition) is 5. The monoisotopic (exact) mass is 541 g/mol. The Morgan fingerprint density at radius 1 is 0.974 bits per heavy atom. The number of unbranched alkanes of at least 4 members (excludes halogenated alkanes) is 1. The minimum absolute atomic E-state index is 0.0197. The molecule has 4 rings (SSSR count). The maximum atomic E-state index is 12.4. The van der Waals surface area contributed by atoms with Gasteiger partial charge in [0.2, 0.25) is 11.8 Å². The van der Waals surface area contributed by atoms with Crippen LogP contribution < -0.4 is 10.8 Å². The van der Waals surface area contributed by atoms with E-state index in [4.69, 9.17) is 14.7 Å². The predicted molar refractivity (Wildman–Crippen MR) is 144 cm³/mol. The summed E-state index contributed by atoms with van der Waals surface area (Å²) in [7, 11) is 0. The summed E-state index contributed by atoms with van der Waals surface area (Å²) >= 11 is 0. The van der Waals surface area contributed by atoms with E-state index in [-0.39, 0.29) is 50.2 Å². The number of anilines is 1. The lowest BCUT2D eigenvalue weighted by atomic mass is 9.99. The van der Waals surface area contributed by atoms with Crippen molar-refractivity contribution in [3.63, 3.8) is 0 Å². The van der Waals surface area contributed by atoms with Gasteiger partial charge in [-0.25, -0.2) is 5.48 Å². The fourth-order valence-electron chi connectivity index (χ4n) is 5.25. The Balaban J connectivity index is 1.44. The molecule has 0 aliphatic carbocycles. The molecule has 2 aliphatic rings. The summed E-state index contributed by atoms with van der Waals surface area (Å²) in [5.74, 6) is -0.626. The van der Waals surface area contributed by atoms with Crippen molar-refractivity contribution in [2.45, 2.75) is 76.1 Å². The Bertz CT molecular complexity index is 1080.